The summed E-state index contributed by atoms with van der Waals surface area (Å²) < 4.78 is 5.86. The molecule has 0 atom stereocenters. The number of carbonyl (C=O) groups is 1. The molecule has 0 aliphatic heterocycles. The maximum atomic E-state index is 12.1. The second-order valence-electron chi connectivity index (χ2n) is 6.54. The molecule has 0 saturated carbocycles. The van der Waals surface area contributed by atoms with Crippen LogP contribution in [0.2, 0.25) is 0 Å². The van der Waals surface area contributed by atoms with Crippen molar-refractivity contribution < 1.29 is 9.53 Å². The van der Waals surface area contributed by atoms with Gasteiger partial charge in [0.15, 0.2) is 0 Å². The van der Waals surface area contributed by atoms with Crippen molar-refractivity contribution in [3.63, 3.8) is 0 Å². The van der Waals surface area contributed by atoms with Crippen molar-refractivity contribution in [2.45, 2.75) is 12.8 Å². The number of aromatic amines is 1. The summed E-state index contributed by atoms with van der Waals surface area (Å²) in [5, 5.41) is 6.36. The normalized spacial score (nSPS) is 11.0. The van der Waals surface area contributed by atoms with Gasteiger partial charge in [-0.25, -0.2) is 0 Å². The van der Waals surface area contributed by atoms with Gasteiger partial charge in [-0.05, 0) is 29.5 Å². The minimum Gasteiger partial charge on any atom is -0.491 e. The highest BCUT2D eigenvalue weighted by atomic mass is 16.5. The Balaban J connectivity index is 1.25. The van der Waals surface area contributed by atoms with Crippen molar-refractivity contribution in [1.82, 2.24) is 10.3 Å². The number of hydrogen-bond donors (Lipinski definition) is 2. The van der Waals surface area contributed by atoms with Gasteiger partial charge in [0.25, 0.3) is 0 Å². The lowest BCUT2D eigenvalue weighted by Gasteiger charge is -2.10. The fourth-order valence-corrected chi connectivity index (χ4v) is 3.35. The van der Waals surface area contributed by atoms with Crippen LogP contribution in [0, 0.1) is 0 Å². The van der Waals surface area contributed by atoms with Crippen LogP contribution in [0.3, 0.4) is 0 Å². The molecule has 0 spiro atoms. The van der Waals surface area contributed by atoms with Crippen LogP contribution in [-0.4, -0.2) is 24.0 Å². The SMILES string of the molecule is O=C(CCc1c[nH]c2ccccc12)NCCOc1cccc2ccccc12. The zero-order valence-corrected chi connectivity index (χ0v) is 15.1. The fourth-order valence-electron chi connectivity index (χ4n) is 3.35. The number of para-hydroxylation sites is 1. The first-order valence-corrected chi connectivity index (χ1v) is 9.23. The summed E-state index contributed by atoms with van der Waals surface area (Å²) in [6.07, 6.45) is 3.18. The molecule has 0 aliphatic rings. The lowest BCUT2D eigenvalue weighted by molar-refractivity contribution is -0.121. The van der Waals surface area contributed by atoms with Gasteiger partial charge in [0.1, 0.15) is 12.4 Å². The number of carbonyl (C=O) groups excluding carboxylic acids is 1. The van der Waals surface area contributed by atoms with Crippen molar-refractivity contribution in [2.24, 2.45) is 0 Å². The maximum Gasteiger partial charge on any atom is 0.220 e. The monoisotopic (exact) mass is 358 g/mol. The largest absolute Gasteiger partial charge is 0.491 e. The molecule has 4 nitrogen and oxygen atoms in total. The zero-order valence-electron chi connectivity index (χ0n) is 15.1. The molecule has 1 heterocycles. The molecule has 0 unspecified atom stereocenters. The number of aryl methyl sites for hydroxylation is 1. The van der Waals surface area contributed by atoms with E-state index in [1.807, 2.05) is 54.7 Å². The Kier molecular flexibility index (Phi) is 5.06. The van der Waals surface area contributed by atoms with Crippen LogP contribution >= 0.6 is 0 Å². The molecule has 0 saturated heterocycles. The van der Waals surface area contributed by atoms with Crippen LogP contribution in [0.4, 0.5) is 0 Å². The second kappa shape index (κ2) is 7.96. The molecule has 0 radical (unpaired) electrons. The van der Waals surface area contributed by atoms with Crippen molar-refractivity contribution >= 4 is 27.6 Å². The van der Waals surface area contributed by atoms with E-state index in [-0.39, 0.29) is 5.91 Å². The first-order valence-electron chi connectivity index (χ1n) is 9.23. The number of ether oxygens (including phenoxy) is 1. The van der Waals surface area contributed by atoms with Gasteiger partial charge < -0.3 is 15.0 Å². The van der Waals surface area contributed by atoms with Crippen LogP contribution in [-0.2, 0) is 11.2 Å². The minimum atomic E-state index is 0.0433. The lowest BCUT2D eigenvalue weighted by atomic mass is 10.1. The van der Waals surface area contributed by atoms with E-state index in [1.54, 1.807) is 0 Å². The predicted molar refractivity (Wildman–Crippen MR) is 109 cm³/mol. The summed E-state index contributed by atoms with van der Waals surface area (Å²) in [7, 11) is 0. The summed E-state index contributed by atoms with van der Waals surface area (Å²) >= 11 is 0. The van der Waals surface area contributed by atoms with E-state index >= 15 is 0 Å². The first kappa shape index (κ1) is 17.2. The van der Waals surface area contributed by atoms with Crippen LogP contribution in [0.25, 0.3) is 21.7 Å². The van der Waals surface area contributed by atoms with E-state index in [2.05, 4.69) is 28.5 Å². The molecule has 0 aliphatic carbocycles. The Bertz CT molecular complexity index is 1060. The van der Waals surface area contributed by atoms with Crippen molar-refractivity contribution in [3.05, 3.63) is 78.5 Å². The third-order valence-corrected chi connectivity index (χ3v) is 4.73. The van der Waals surface area contributed by atoms with Gasteiger partial charge >= 0.3 is 0 Å². The highest BCUT2D eigenvalue weighted by Crippen LogP contribution is 2.25. The molecule has 27 heavy (non-hydrogen) atoms. The quantitative estimate of drug-likeness (QED) is 0.480. The third kappa shape index (κ3) is 3.95. The molecular formula is C23H22N2O2. The van der Waals surface area contributed by atoms with E-state index in [0.717, 1.165) is 28.5 Å². The molecule has 1 amide bonds. The Morgan fingerprint density at radius 2 is 1.70 bits per heavy atom. The number of H-pyrrole nitrogens is 1. The van der Waals surface area contributed by atoms with Crippen LogP contribution < -0.4 is 10.1 Å². The highest BCUT2D eigenvalue weighted by molar-refractivity contribution is 5.88. The van der Waals surface area contributed by atoms with Gasteiger partial charge in [-0.3, -0.25) is 4.79 Å². The van der Waals surface area contributed by atoms with Gasteiger partial charge in [0.05, 0.1) is 6.54 Å². The van der Waals surface area contributed by atoms with Gasteiger partial charge in [0.2, 0.25) is 5.91 Å². The number of nitrogens with one attached hydrogen (secondary N) is 2. The topological polar surface area (TPSA) is 54.1 Å². The number of fused-ring (bicyclic) bond motifs is 2. The van der Waals surface area contributed by atoms with Gasteiger partial charge in [-0.1, -0.05) is 54.6 Å². The van der Waals surface area contributed by atoms with E-state index in [4.69, 9.17) is 4.74 Å². The van der Waals surface area contributed by atoms with Crippen LogP contribution in [0.1, 0.15) is 12.0 Å². The van der Waals surface area contributed by atoms with Crippen molar-refractivity contribution in [1.29, 1.82) is 0 Å². The second-order valence-corrected chi connectivity index (χ2v) is 6.54. The molecule has 4 rings (SSSR count). The summed E-state index contributed by atoms with van der Waals surface area (Å²) in [6, 6.07) is 22.3. The Hall–Kier alpha value is -3.27. The van der Waals surface area contributed by atoms with E-state index in [0.29, 0.717) is 19.6 Å². The summed E-state index contributed by atoms with van der Waals surface area (Å²) in [5.41, 5.74) is 2.28. The highest BCUT2D eigenvalue weighted by Gasteiger charge is 2.07. The van der Waals surface area contributed by atoms with Crippen LogP contribution in [0.15, 0.2) is 72.9 Å². The van der Waals surface area contributed by atoms with Crippen molar-refractivity contribution in [3.8, 4) is 5.75 Å². The average Bonchev–Trinajstić information content (AvgIpc) is 3.13. The molecule has 4 aromatic rings. The number of aromatic nitrogens is 1. The maximum absolute atomic E-state index is 12.1. The molecule has 0 bridgehead atoms. The van der Waals surface area contributed by atoms with Crippen LogP contribution in [0.5, 0.6) is 5.75 Å². The molecule has 2 N–H and O–H groups in total. The van der Waals surface area contributed by atoms with E-state index < -0.39 is 0 Å². The van der Waals surface area contributed by atoms with E-state index in [9.17, 15) is 4.79 Å². The van der Waals surface area contributed by atoms with Crippen molar-refractivity contribution in [2.75, 3.05) is 13.2 Å². The molecule has 3 aromatic carbocycles. The molecular weight excluding hydrogens is 336 g/mol. The zero-order chi connectivity index (χ0) is 18.5. The number of benzene rings is 3. The first-order chi connectivity index (χ1) is 13.3. The Labute approximate surface area is 158 Å². The van der Waals surface area contributed by atoms with E-state index in [1.165, 1.54) is 10.9 Å². The standard InChI is InChI=1S/C23H22N2O2/c26-23(13-12-18-16-25-21-10-4-3-8-19(18)21)24-14-15-27-22-11-5-7-17-6-1-2-9-20(17)22/h1-11,16,25H,12-15H2,(H,24,26). The minimum absolute atomic E-state index is 0.0433. The van der Waals surface area contributed by atoms with Gasteiger partial charge in [0, 0.05) is 28.9 Å². The average molecular weight is 358 g/mol. The smallest absolute Gasteiger partial charge is 0.220 e. The number of hydrogen-bond acceptors (Lipinski definition) is 2. The summed E-state index contributed by atoms with van der Waals surface area (Å²) in [5.74, 6) is 0.892. The predicted octanol–water partition coefficient (Wildman–Crippen LogP) is 4.45. The molecule has 0 fully saturated rings. The summed E-state index contributed by atoms with van der Waals surface area (Å²) in [6.45, 7) is 0.947. The lowest BCUT2D eigenvalue weighted by Crippen LogP contribution is -2.28. The summed E-state index contributed by atoms with van der Waals surface area (Å²) in [4.78, 5) is 15.4. The van der Waals surface area contributed by atoms with Gasteiger partial charge in [-0.15, -0.1) is 0 Å². The molecule has 1 aromatic heterocycles. The third-order valence-electron chi connectivity index (χ3n) is 4.73. The fraction of sp³-hybridized carbons (Fsp3) is 0.174. The van der Waals surface area contributed by atoms with Gasteiger partial charge in [-0.2, -0.15) is 0 Å². The molecule has 136 valence electrons. The Morgan fingerprint density at radius 3 is 2.63 bits per heavy atom. The number of amides is 1. The number of rotatable bonds is 7. The molecule has 4 heteroatoms. The Morgan fingerprint density at radius 1 is 0.926 bits per heavy atom.